The molecule has 1 aliphatic carbocycles. The zero-order chi connectivity index (χ0) is 20.6. The summed E-state index contributed by atoms with van der Waals surface area (Å²) in [4.78, 5) is 15.3. The fourth-order valence-electron chi connectivity index (χ4n) is 3.75. The predicted molar refractivity (Wildman–Crippen MR) is 112 cm³/mol. The fourth-order valence-corrected chi connectivity index (χ4v) is 5.96. The van der Waals surface area contributed by atoms with Crippen LogP contribution in [0.4, 0.5) is 0 Å². The van der Waals surface area contributed by atoms with E-state index in [0.29, 0.717) is 42.9 Å². The van der Waals surface area contributed by atoms with Gasteiger partial charge in [0.1, 0.15) is 4.90 Å². The van der Waals surface area contributed by atoms with Crippen molar-refractivity contribution in [2.24, 2.45) is 11.8 Å². The number of hydrogen-bond donors (Lipinski definition) is 0. The molecule has 1 aromatic rings. The largest absolute Gasteiger partial charge is 0.337 e. The van der Waals surface area contributed by atoms with Crippen LogP contribution in [0.5, 0.6) is 0 Å². The molecule has 1 aliphatic heterocycles. The summed E-state index contributed by atoms with van der Waals surface area (Å²) >= 11 is 12.1. The number of benzene rings is 1. The number of carbonyl (C=O) groups is 1. The standard InChI is InChI=1S/C20H28Cl2N2O3S/c1-13(2)14(3)24(17-5-6-17)20(25)15-8-10-23(11-9-15)28(26,27)19-12-16(21)4-7-18(19)22/h4,7,12-15,17H,5-6,8-11H2,1-3H3. The third kappa shape index (κ3) is 4.50. The maximum Gasteiger partial charge on any atom is 0.244 e. The number of amides is 1. The highest BCUT2D eigenvalue weighted by Crippen LogP contribution is 2.35. The van der Waals surface area contributed by atoms with Crippen LogP contribution >= 0.6 is 23.2 Å². The van der Waals surface area contributed by atoms with Gasteiger partial charge in [-0.25, -0.2) is 8.42 Å². The molecule has 0 spiro atoms. The minimum absolute atomic E-state index is 0.0273. The first kappa shape index (κ1) is 21.9. The summed E-state index contributed by atoms with van der Waals surface area (Å²) < 4.78 is 27.4. The maximum absolute atomic E-state index is 13.2. The van der Waals surface area contributed by atoms with Gasteiger partial charge in [-0.15, -0.1) is 0 Å². The zero-order valence-electron chi connectivity index (χ0n) is 16.6. The van der Waals surface area contributed by atoms with E-state index in [1.54, 1.807) is 6.07 Å². The summed E-state index contributed by atoms with van der Waals surface area (Å²) in [6, 6.07) is 5.00. The summed E-state index contributed by atoms with van der Waals surface area (Å²) in [6.07, 6.45) is 3.21. The number of carbonyl (C=O) groups excluding carboxylic acids is 1. The SMILES string of the molecule is CC(C)C(C)N(C(=O)C1CCN(S(=O)(=O)c2cc(Cl)ccc2Cl)CC1)C1CC1. The van der Waals surface area contributed by atoms with E-state index in [2.05, 4.69) is 25.7 Å². The number of piperidine rings is 1. The molecule has 5 nitrogen and oxygen atoms in total. The molecule has 2 fully saturated rings. The van der Waals surface area contributed by atoms with Gasteiger partial charge in [0.05, 0.1) is 5.02 Å². The Morgan fingerprint density at radius 1 is 1.11 bits per heavy atom. The first-order chi connectivity index (χ1) is 13.1. The van der Waals surface area contributed by atoms with E-state index < -0.39 is 10.0 Å². The molecular weight excluding hydrogens is 419 g/mol. The third-order valence-electron chi connectivity index (χ3n) is 5.91. The van der Waals surface area contributed by atoms with Gasteiger partial charge >= 0.3 is 0 Å². The first-order valence-corrected chi connectivity index (χ1v) is 12.1. The average Bonchev–Trinajstić information content (AvgIpc) is 3.48. The molecule has 0 bridgehead atoms. The average molecular weight is 447 g/mol. The van der Waals surface area contributed by atoms with E-state index in [-0.39, 0.29) is 27.8 Å². The second kappa shape index (κ2) is 8.50. The lowest BCUT2D eigenvalue weighted by atomic mass is 9.94. The van der Waals surface area contributed by atoms with Crippen molar-refractivity contribution in [3.05, 3.63) is 28.2 Å². The van der Waals surface area contributed by atoms with E-state index in [1.807, 2.05) is 0 Å². The molecule has 1 amide bonds. The molecular formula is C20H28Cl2N2O3S. The lowest BCUT2D eigenvalue weighted by Gasteiger charge is -2.37. The van der Waals surface area contributed by atoms with Crippen LogP contribution in [0, 0.1) is 11.8 Å². The second-order valence-corrected chi connectivity index (χ2v) is 11.0. The lowest BCUT2D eigenvalue weighted by molar-refractivity contribution is -0.140. The summed E-state index contributed by atoms with van der Waals surface area (Å²) in [5.41, 5.74) is 0. The van der Waals surface area contributed by atoms with Crippen LogP contribution in [-0.4, -0.2) is 48.7 Å². The third-order valence-corrected chi connectivity index (χ3v) is 8.53. The molecule has 3 rings (SSSR count). The summed E-state index contributed by atoms with van der Waals surface area (Å²) in [5.74, 6) is 0.458. The molecule has 0 N–H and O–H groups in total. The van der Waals surface area contributed by atoms with Gasteiger partial charge in [-0.05, 0) is 56.7 Å². The van der Waals surface area contributed by atoms with Gasteiger partial charge in [-0.3, -0.25) is 4.79 Å². The van der Waals surface area contributed by atoms with Crippen LogP contribution in [0.15, 0.2) is 23.1 Å². The Morgan fingerprint density at radius 2 is 1.71 bits per heavy atom. The molecule has 1 aromatic carbocycles. The molecule has 1 unspecified atom stereocenters. The monoisotopic (exact) mass is 446 g/mol. The van der Waals surface area contributed by atoms with Crippen molar-refractivity contribution in [1.29, 1.82) is 0 Å². The van der Waals surface area contributed by atoms with E-state index in [0.717, 1.165) is 12.8 Å². The molecule has 1 saturated carbocycles. The number of sulfonamides is 1. The molecule has 28 heavy (non-hydrogen) atoms. The Morgan fingerprint density at radius 3 is 2.25 bits per heavy atom. The van der Waals surface area contributed by atoms with Gasteiger partial charge in [0, 0.05) is 36.1 Å². The van der Waals surface area contributed by atoms with Gasteiger partial charge in [0.25, 0.3) is 0 Å². The van der Waals surface area contributed by atoms with Gasteiger partial charge in [0.2, 0.25) is 15.9 Å². The normalized spacial score (nSPS) is 20.4. The molecule has 1 saturated heterocycles. The van der Waals surface area contributed by atoms with Crippen LogP contribution in [0.25, 0.3) is 0 Å². The van der Waals surface area contributed by atoms with Crippen LogP contribution in [0.1, 0.15) is 46.5 Å². The van der Waals surface area contributed by atoms with Crippen molar-refractivity contribution in [3.63, 3.8) is 0 Å². The van der Waals surface area contributed by atoms with E-state index in [4.69, 9.17) is 23.2 Å². The highest BCUT2D eigenvalue weighted by Gasteiger charge is 2.41. The van der Waals surface area contributed by atoms with E-state index in [9.17, 15) is 13.2 Å². The lowest BCUT2D eigenvalue weighted by Crippen LogP contribution is -2.49. The minimum atomic E-state index is -3.73. The second-order valence-electron chi connectivity index (χ2n) is 8.21. The van der Waals surface area contributed by atoms with Gasteiger partial charge < -0.3 is 4.90 Å². The summed E-state index contributed by atoms with van der Waals surface area (Å²) in [7, 11) is -3.73. The predicted octanol–water partition coefficient (Wildman–Crippen LogP) is 4.43. The van der Waals surface area contributed by atoms with Crippen LogP contribution in [0.2, 0.25) is 10.0 Å². The fraction of sp³-hybridized carbons (Fsp3) is 0.650. The van der Waals surface area contributed by atoms with Crippen molar-refractivity contribution in [1.82, 2.24) is 9.21 Å². The van der Waals surface area contributed by atoms with E-state index >= 15 is 0 Å². The Bertz CT molecular complexity index is 832. The highest BCUT2D eigenvalue weighted by molar-refractivity contribution is 7.89. The van der Waals surface area contributed by atoms with Gasteiger partial charge in [0.15, 0.2) is 0 Å². The first-order valence-electron chi connectivity index (χ1n) is 9.90. The quantitative estimate of drug-likeness (QED) is 0.648. The Hall–Kier alpha value is -0.820. The van der Waals surface area contributed by atoms with Crippen LogP contribution in [-0.2, 0) is 14.8 Å². The van der Waals surface area contributed by atoms with Gasteiger partial charge in [-0.1, -0.05) is 37.0 Å². The van der Waals surface area contributed by atoms with Crippen molar-refractivity contribution in [2.45, 2.75) is 63.4 Å². The van der Waals surface area contributed by atoms with Crippen LogP contribution < -0.4 is 0 Å². The minimum Gasteiger partial charge on any atom is -0.337 e. The Kier molecular flexibility index (Phi) is 6.64. The molecule has 156 valence electrons. The molecule has 0 radical (unpaired) electrons. The van der Waals surface area contributed by atoms with Crippen LogP contribution in [0.3, 0.4) is 0 Å². The topological polar surface area (TPSA) is 57.7 Å². The molecule has 0 aromatic heterocycles. The Labute approximate surface area is 178 Å². The number of hydrogen-bond acceptors (Lipinski definition) is 3. The molecule has 8 heteroatoms. The smallest absolute Gasteiger partial charge is 0.244 e. The van der Waals surface area contributed by atoms with Crippen molar-refractivity contribution in [2.75, 3.05) is 13.1 Å². The number of nitrogens with zero attached hydrogens (tertiary/aromatic N) is 2. The van der Waals surface area contributed by atoms with Gasteiger partial charge in [-0.2, -0.15) is 4.31 Å². The number of halogens is 2. The number of rotatable bonds is 6. The molecule has 1 atom stereocenters. The maximum atomic E-state index is 13.2. The van der Waals surface area contributed by atoms with E-state index in [1.165, 1.54) is 16.4 Å². The summed E-state index contributed by atoms with van der Waals surface area (Å²) in [6.45, 7) is 7.02. The summed E-state index contributed by atoms with van der Waals surface area (Å²) in [5, 5.41) is 0.490. The molecule has 1 heterocycles. The molecule has 2 aliphatic rings. The highest BCUT2D eigenvalue weighted by atomic mass is 35.5. The zero-order valence-corrected chi connectivity index (χ0v) is 18.9. The van der Waals surface area contributed by atoms with Crippen molar-refractivity contribution < 1.29 is 13.2 Å². The Balaban J connectivity index is 1.70. The van der Waals surface area contributed by atoms with Crippen molar-refractivity contribution >= 4 is 39.1 Å². The van der Waals surface area contributed by atoms with Crippen molar-refractivity contribution in [3.8, 4) is 0 Å².